The molecule has 2 aromatic carbocycles. The third-order valence-corrected chi connectivity index (χ3v) is 6.90. The van der Waals surface area contributed by atoms with Crippen molar-refractivity contribution in [3.05, 3.63) is 65.5 Å². The van der Waals surface area contributed by atoms with Crippen LogP contribution in [0.25, 0.3) is 0 Å². The van der Waals surface area contributed by atoms with E-state index >= 15 is 0 Å². The Hall–Kier alpha value is -2.80. The van der Waals surface area contributed by atoms with E-state index in [4.69, 9.17) is 22.9 Å². The molecule has 0 saturated carbocycles. The highest BCUT2D eigenvalue weighted by Crippen LogP contribution is 2.48. The summed E-state index contributed by atoms with van der Waals surface area (Å²) in [4.78, 5) is 4.52. The van der Waals surface area contributed by atoms with Crippen LogP contribution in [0.15, 0.2) is 52.9 Å². The molecule has 1 aromatic heterocycles. The Morgan fingerprint density at radius 3 is 1.94 bits per heavy atom. The number of hydrogen-bond acceptors (Lipinski definition) is 8. The third kappa shape index (κ3) is 6.60. The maximum Gasteiger partial charge on any atom is 0.385 e. The van der Waals surface area contributed by atoms with Crippen LogP contribution >= 0.6 is 7.60 Å². The van der Waals surface area contributed by atoms with Crippen molar-refractivity contribution in [2.45, 2.75) is 26.7 Å². The molecule has 33 heavy (non-hydrogen) atoms. The summed E-state index contributed by atoms with van der Waals surface area (Å²) in [6, 6.07) is 15.5. The number of nitrogens with one attached hydrogen (secondary N) is 1. The van der Waals surface area contributed by atoms with Crippen molar-refractivity contribution in [3.8, 4) is 11.5 Å². The number of methoxy groups -OCH3 is 2. The number of nitrogens with zero attached hydrogens (tertiary/aromatic N) is 1. The van der Waals surface area contributed by atoms with Crippen LogP contribution in [-0.2, 0) is 26.5 Å². The molecule has 0 amide bonds. The van der Waals surface area contributed by atoms with E-state index in [2.05, 4.69) is 10.3 Å². The molecule has 0 aliphatic rings. The largest absolute Gasteiger partial charge is 0.497 e. The lowest BCUT2D eigenvalue weighted by molar-refractivity contribution is 0.229. The van der Waals surface area contributed by atoms with Gasteiger partial charge in [0.1, 0.15) is 11.5 Å². The number of oxazole rings is 1. The van der Waals surface area contributed by atoms with E-state index in [9.17, 15) is 4.57 Å². The van der Waals surface area contributed by atoms with Crippen LogP contribution in [0.3, 0.4) is 0 Å². The molecule has 0 saturated heterocycles. The first-order chi connectivity index (χ1) is 16.0. The Balaban J connectivity index is 1.81. The van der Waals surface area contributed by atoms with Crippen LogP contribution in [0, 0.1) is 0 Å². The predicted molar refractivity (Wildman–Crippen MR) is 128 cm³/mol. The predicted octanol–water partition coefficient (Wildman–Crippen LogP) is 4.83. The van der Waals surface area contributed by atoms with E-state index in [1.54, 1.807) is 28.1 Å². The molecule has 0 spiro atoms. The highest BCUT2D eigenvalue weighted by Gasteiger charge is 2.35. The van der Waals surface area contributed by atoms with Gasteiger partial charge in [-0.1, -0.05) is 24.3 Å². The van der Waals surface area contributed by atoms with Gasteiger partial charge in [0, 0.05) is 13.0 Å². The molecule has 1 N–H and O–H groups in total. The molecule has 1 heterocycles. The van der Waals surface area contributed by atoms with Crippen molar-refractivity contribution in [3.63, 3.8) is 0 Å². The molecule has 0 aliphatic carbocycles. The molecule has 3 aromatic rings. The zero-order chi connectivity index (χ0) is 23.7. The zero-order valence-electron chi connectivity index (χ0n) is 19.5. The zero-order valence-corrected chi connectivity index (χ0v) is 20.4. The second-order valence-electron chi connectivity index (χ2n) is 7.14. The molecule has 0 radical (unpaired) electrons. The van der Waals surface area contributed by atoms with Gasteiger partial charge in [-0.2, -0.15) is 0 Å². The van der Waals surface area contributed by atoms with Gasteiger partial charge in [0.25, 0.3) is 0 Å². The van der Waals surface area contributed by atoms with Crippen LogP contribution in [0.2, 0.25) is 0 Å². The number of aromatic nitrogens is 1. The van der Waals surface area contributed by atoms with Gasteiger partial charge in [-0.3, -0.25) is 4.57 Å². The second kappa shape index (κ2) is 11.9. The Labute approximate surface area is 194 Å². The molecule has 0 atom stereocenters. The fourth-order valence-corrected chi connectivity index (χ4v) is 4.87. The lowest BCUT2D eigenvalue weighted by Gasteiger charge is -2.15. The minimum Gasteiger partial charge on any atom is -0.497 e. The second-order valence-corrected chi connectivity index (χ2v) is 9.08. The monoisotopic (exact) mass is 474 g/mol. The minimum atomic E-state index is -3.63. The van der Waals surface area contributed by atoms with E-state index in [-0.39, 0.29) is 18.6 Å². The van der Waals surface area contributed by atoms with E-state index in [0.29, 0.717) is 24.7 Å². The fraction of sp³-hybridized carbons (Fsp3) is 0.375. The molecule has 0 unspecified atom stereocenters. The molecule has 178 valence electrons. The van der Waals surface area contributed by atoms with Crippen molar-refractivity contribution in [2.75, 3.05) is 39.3 Å². The molecule has 0 aliphatic heterocycles. The molecular formula is C24H31N2O6P. The third-order valence-electron chi connectivity index (χ3n) is 4.88. The van der Waals surface area contributed by atoms with Crippen molar-refractivity contribution in [1.82, 2.24) is 4.98 Å². The molecule has 9 heteroatoms. The Morgan fingerprint density at radius 2 is 1.42 bits per heavy atom. The van der Waals surface area contributed by atoms with Gasteiger partial charge in [-0.15, -0.1) is 0 Å². The quantitative estimate of drug-likeness (QED) is 0.352. The van der Waals surface area contributed by atoms with Gasteiger partial charge >= 0.3 is 7.60 Å². The standard InChI is InChI=1S/C24H31N2O6P/c1-5-30-33(27,31-6-2)24-23(25-16-15-18-7-11-20(28-3)12-8-18)32-22(26-24)17-19-9-13-21(29-4)14-10-19/h7-14,25H,5-6,15-17H2,1-4H3. The van der Waals surface area contributed by atoms with E-state index in [1.807, 2.05) is 48.5 Å². The topological polar surface area (TPSA) is 92.1 Å². The van der Waals surface area contributed by atoms with E-state index < -0.39 is 7.60 Å². The Bertz CT molecular complexity index is 1040. The summed E-state index contributed by atoms with van der Waals surface area (Å²) in [7, 11) is -0.370. The average molecular weight is 474 g/mol. The summed E-state index contributed by atoms with van der Waals surface area (Å²) in [5.74, 6) is 2.30. The maximum atomic E-state index is 13.5. The van der Waals surface area contributed by atoms with Crippen molar-refractivity contribution in [1.29, 1.82) is 0 Å². The molecule has 8 nitrogen and oxygen atoms in total. The van der Waals surface area contributed by atoms with Crippen molar-refractivity contribution < 1.29 is 27.5 Å². The van der Waals surface area contributed by atoms with Crippen molar-refractivity contribution in [2.24, 2.45) is 0 Å². The smallest absolute Gasteiger partial charge is 0.385 e. The number of anilines is 1. The number of hydrogen-bond donors (Lipinski definition) is 1. The number of rotatable bonds is 13. The van der Waals surface area contributed by atoms with Gasteiger partial charge in [-0.05, 0) is 55.7 Å². The van der Waals surface area contributed by atoms with Gasteiger partial charge < -0.3 is 28.3 Å². The molecule has 0 bridgehead atoms. The Kier molecular flexibility index (Phi) is 8.95. The summed E-state index contributed by atoms with van der Waals surface area (Å²) < 4.78 is 40.9. The summed E-state index contributed by atoms with van der Waals surface area (Å²) in [5.41, 5.74) is 2.28. The number of ether oxygens (including phenoxy) is 2. The Morgan fingerprint density at radius 1 is 0.879 bits per heavy atom. The van der Waals surface area contributed by atoms with Gasteiger partial charge in [0.2, 0.25) is 17.2 Å². The minimum absolute atomic E-state index is 0.171. The van der Waals surface area contributed by atoms with Crippen LogP contribution < -0.4 is 20.2 Å². The fourth-order valence-electron chi connectivity index (χ4n) is 3.26. The first-order valence-corrected chi connectivity index (χ1v) is 12.4. The molecular weight excluding hydrogens is 443 g/mol. The molecule has 0 fully saturated rings. The van der Waals surface area contributed by atoms with Crippen molar-refractivity contribution >= 4 is 18.9 Å². The van der Waals surface area contributed by atoms with Crippen LogP contribution in [0.5, 0.6) is 11.5 Å². The summed E-state index contributed by atoms with van der Waals surface area (Å²) in [6.45, 7) is 4.53. The van der Waals surface area contributed by atoms with Gasteiger partial charge in [0.05, 0.1) is 27.4 Å². The molecule has 3 rings (SSSR count). The normalized spacial score (nSPS) is 11.4. The van der Waals surface area contributed by atoms with Crippen LogP contribution in [-0.4, -0.2) is 39.0 Å². The first-order valence-electron chi connectivity index (χ1n) is 10.9. The van der Waals surface area contributed by atoms with Gasteiger partial charge in [0.15, 0.2) is 0 Å². The summed E-state index contributed by atoms with van der Waals surface area (Å²) in [6.07, 6.45) is 1.15. The number of benzene rings is 2. The van der Waals surface area contributed by atoms with Gasteiger partial charge in [-0.25, -0.2) is 4.98 Å². The lowest BCUT2D eigenvalue weighted by atomic mass is 10.1. The lowest BCUT2D eigenvalue weighted by Crippen LogP contribution is -2.18. The summed E-state index contributed by atoms with van der Waals surface area (Å²) in [5, 5.41) is 3.22. The maximum absolute atomic E-state index is 13.5. The van der Waals surface area contributed by atoms with Crippen LogP contribution in [0.1, 0.15) is 30.9 Å². The SMILES string of the molecule is CCOP(=O)(OCC)c1nc(Cc2ccc(OC)cc2)oc1NCCc1ccc(OC)cc1. The van der Waals surface area contributed by atoms with Crippen LogP contribution in [0.4, 0.5) is 5.88 Å². The first kappa shape index (κ1) is 24.8. The van der Waals surface area contributed by atoms with E-state index in [0.717, 1.165) is 29.0 Å². The summed E-state index contributed by atoms with van der Waals surface area (Å²) >= 11 is 0. The average Bonchev–Trinajstić information content (AvgIpc) is 3.23. The highest BCUT2D eigenvalue weighted by molar-refractivity contribution is 7.62. The highest BCUT2D eigenvalue weighted by atomic mass is 31.2. The van der Waals surface area contributed by atoms with E-state index in [1.165, 1.54) is 0 Å².